The Labute approximate surface area is 150 Å². The highest BCUT2D eigenvalue weighted by Crippen LogP contribution is 2.11. The Morgan fingerprint density at radius 1 is 1.15 bits per heavy atom. The van der Waals surface area contributed by atoms with Crippen molar-refractivity contribution in [1.82, 2.24) is 10.3 Å². The number of carbonyl (C=O) groups is 2. The number of allylic oxidation sites excluding steroid dienone is 1. The van der Waals surface area contributed by atoms with Gasteiger partial charge in [0.05, 0.1) is 11.3 Å². The van der Waals surface area contributed by atoms with Gasteiger partial charge in [-0.05, 0) is 50.1 Å². The zero-order valence-corrected chi connectivity index (χ0v) is 14.3. The number of anilines is 1. The molecule has 1 aromatic heterocycles. The number of rotatable bonds is 7. The molecule has 1 heterocycles. The van der Waals surface area contributed by atoms with Gasteiger partial charge in [0.15, 0.2) is 0 Å². The van der Waals surface area contributed by atoms with Crippen LogP contribution in [0.4, 0.5) is 14.5 Å². The molecule has 2 rings (SSSR count). The third kappa shape index (κ3) is 5.77. The summed E-state index contributed by atoms with van der Waals surface area (Å²) >= 11 is 0. The fourth-order valence-corrected chi connectivity index (χ4v) is 2.14. The molecule has 2 aromatic rings. The van der Waals surface area contributed by atoms with E-state index in [1.54, 1.807) is 0 Å². The normalized spacial score (nSPS) is 10.3. The van der Waals surface area contributed by atoms with Gasteiger partial charge in [-0.3, -0.25) is 14.6 Å². The number of hydrogen-bond acceptors (Lipinski definition) is 3. The molecular weight excluding hydrogens is 340 g/mol. The van der Waals surface area contributed by atoms with Crippen molar-refractivity contribution in [3.63, 3.8) is 0 Å². The number of benzene rings is 1. The third-order valence-electron chi connectivity index (χ3n) is 3.59. The number of hydrogen-bond donors (Lipinski definition) is 2. The Bertz CT molecular complexity index is 820. The van der Waals surface area contributed by atoms with Gasteiger partial charge in [0.1, 0.15) is 11.6 Å². The molecule has 0 aliphatic heterocycles. The maximum atomic E-state index is 13.4. The van der Waals surface area contributed by atoms with E-state index in [0.717, 1.165) is 6.07 Å². The summed E-state index contributed by atoms with van der Waals surface area (Å²) < 4.78 is 26.2. The van der Waals surface area contributed by atoms with E-state index < -0.39 is 11.7 Å². The summed E-state index contributed by atoms with van der Waals surface area (Å²) in [6.45, 7) is 5.24. The number of amides is 2. The molecule has 2 amide bonds. The first kappa shape index (κ1) is 19.2. The van der Waals surface area contributed by atoms with Crippen LogP contribution in [0, 0.1) is 18.6 Å². The fraction of sp³-hybridized carbons (Fsp3) is 0.211. The number of nitrogens with one attached hydrogen (secondary N) is 2. The molecule has 0 saturated carbocycles. The molecule has 1 aromatic carbocycles. The topological polar surface area (TPSA) is 71.1 Å². The maximum absolute atomic E-state index is 13.4. The summed E-state index contributed by atoms with van der Waals surface area (Å²) in [4.78, 5) is 27.6. The second-order valence-electron chi connectivity index (χ2n) is 5.76. The van der Waals surface area contributed by atoms with Crippen LogP contribution in [-0.2, 0) is 4.79 Å². The van der Waals surface area contributed by atoms with E-state index in [4.69, 9.17) is 0 Å². The van der Waals surface area contributed by atoms with E-state index in [1.165, 1.54) is 37.4 Å². The van der Waals surface area contributed by atoms with Crippen molar-refractivity contribution >= 4 is 17.5 Å². The molecule has 0 fully saturated rings. The lowest BCUT2D eigenvalue weighted by Gasteiger charge is -2.09. The van der Waals surface area contributed by atoms with Crippen molar-refractivity contribution in [3.8, 4) is 0 Å². The van der Waals surface area contributed by atoms with Crippen LogP contribution in [0.15, 0.2) is 48.8 Å². The first-order valence-corrected chi connectivity index (χ1v) is 8.02. The zero-order chi connectivity index (χ0) is 19.1. The molecule has 26 heavy (non-hydrogen) atoms. The minimum Gasteiger partial charge on any atom is -0.326 e. The van der Waals surface area contributed by atoms with Crippen LogP contribution in [0.5, 0.6) is 0 Å². The number of aryl methyl sites for hydroxylation is 1. The average molecular weight is 359 g/mol. The predicted octanol–water partition coefficient (Wildman–Crippen LogP) is 3.72. The third-order valence-corrected chi connectivity index (χ3v) is 3.59. The van der Waals surface area contributed by atoms with E-state index in [1.807, 2.05) is 0 Å². The molecule has 5 nitrogen and oxygen atoms in total. The molecule has 0 radical (unpaired) electrons. The summed E-state index contributed by atoms with van der Waals surface area (Å²) in [6, 6.07) is 6.58. The van der Waals surface area contributed by atoms with E-state index in [-0.39, 0.29) is 29.4 Å². The molecular formula is C19H19F2N3O2. The number of halogens is 2. The number of carbonyl (C=O) groups excluding carboxylic acids is 2. The number of aromatic nitrogens is 1. The smallest absolute Gasteiger partial charge is 0.257 e. The maximum Gasteiger partial charge on any atom is 0.257 e. The standard InChI is InChI=1S/C19H19F2N3O2/c1-12(23-19(26)14-10-17(21)13(2)22-11-14)4-3-5-18(25)24-16-8-6-15(20)7-9-16/h6-11H,1,3-5H2,2H3,(H,23,26)(H,24,25). The highest BCUT2D eigenvalue weighted by Gasteiger charge is 2.10. The lowest BCUT2D eigenvalue weighted by Crippen LogP contribution is -2.23. The van der Waals surface area contributed by atoms with Gasteiger partial charge in [0.25, 0.3) is 5.91 Å². The minimum atomic E-state index is -0.555. The minimum absolute atomic E-state index is 0.100. The van der Waals surface area contributed by atoms with Crippen LogP contribution in [0.1, 0.15) is 35.3 Å². The van der Waals surface area contributed by atoms with E-state index in [2.05, 4.69) is 22.2 Å². The lowest BCUT2D eigenvalue weighted by atomic mass is 10.1. The number of nitrogens with zero attached hydrogens (tertiary/aromatic N) is 1. The molecule has 0 unspecified atom stereocenters. The van der Waals surface area contributed by atoms with Gasteiger partial charge < -0.3 is 10.6 Å². The first-order chi connectivity index (χ1) is 12.3. The Kier molecular flexibility index (Phi) is 6.54. The highest BCUT2D eigenvalue weighted by atomic mass is 19.1. The van der Waals surface area contributed by atoms with Crippen molar-refractivity contribution < 1.29 is 18.4 Å². The van der Waals surface area contributed by atoms with Crippen molar-refractivity contribution in [2.24, 2.45) is 0 Å². The molecule has 2 N–H and O–H groups in total. The van der Waals surface area contributed by atoms with E-state index >= 15 is 0 Å². The predicted molar refractivity (Wildman–Crippen MR) is 94.4 cm³/mol. The first-order valence-electron chi connectivity index (χ1n) is 8.02. The van der Waals surface area contributed by atoms with Gasteiger partial charge in [-0.1, -0.05) is 6.58 Å². The Hall–Kier alpha value is -3.09. The summed E-state index contributed by atoms with van der Waals surface area (Å²) in [5.74, 6) is -1.66. The van der Waals surface area contributed by atoms with Gasteiger partial charge in [-0.15, -0.1) is 0 Å². The quantitative estimate of drug-likeness (QED) is 0.791. The van der Waals surface area contributed by atoms with Crippen molar-refractivity contribution in [2.75, 3.05) is 5.32 Å². The van der Waals surface area contributed by atoms with Gasteiger partial charge in [-0.2, -0.15) is 0 Å². The van der Waals surface area contributed by atoms with E-state index in [0.29, 0.717) is 24.2 Å². The second-order valence-corrected chi connectivity index (χ2v) is 5.76. The summed E-state index contributed by atoms with van der Waals surface area (Å²) in [5.41, 5.74) is 1.25. The molecule has 0 atom stereocenters. The summed E-state index contributed by atoms with van der Waals surface area (Å²) in [7, 11) is 0. The molecule has 7 heteroatoms. The van der Waals surface area contributed by atoms with E-state index in [9.17, 15) is 18.4 Å². The van der Waals surface area contributed by atoms with Gasteiger partial charge >= 0.3 is 0 Å². The molecule has 136 valence electrons. The molecule has 0 bridgehead atoms. The SMILES string of the molecule is C=C(CCCC(=O)Nc1ccc(F)cc1)NC(=O)c1cnc(C)c(F)c1. The lowest BCUT2D eigenvalue weighted by molar-refractivity contribution is -0.116. The van der Waals surface area contributed by atoms with Gasteiger partial charge in [0.2, 0.25) is 5.91 Å². The van der Waals surface area contributed by atoms with Crippen molar-refractivity contribution in [2.45, 2.75) is 26.2 Å². The van der Waals surface area contributed by atoms with Crippen LogP contribution >= 0.6 is 0 Å². The summed E-state index contributed by atoms with van der Waals surface area (Å²) in [5, 5.41) is 5.21. The number of pyridine rings is 1. The summed E-state index contributed by atoms with van der Waals surface area (Å²) in [6.07, 6.45) is 2.36. The Morgan fingerprint density at radius 2 is 1.85 bits per heavy atom. The Balaban J connectivity index is 1.74. The van der Waals surface area contributed by atoms with Gasteiger partial charge in [0, 0.05) is 24.0 Å². The molecule has 0 aliphatic carbocycles. The highest BCUT2D eigenvalue weighted by molar-refractivity contribution is 5.95. The average Bonchev–Trinajstić information content (AvgIpc) is 2.59. The van der Waals surface area contributed by atoms with Crippen LogP contribution in [0.3, 0.4) is 0 Å². The molecule has 0 aliphatic rings. The van der Waals surface area contributed by atoms with Crippen molar-refractivity contribution in [1.29, 1.82) is 0 Å². The van der Waals surface area contributed by atoms with Gasteiger partial charge in [-0.25, -0.2) is 8.78 Å². The van der Waals surface area contributed by atoms with Crippen LogP contribution in [0.2, 0.25) is 0 Å². The van der Waals surface area contributed by atoms with Crippen molar-refractivity contribution in [3.05, 3.63) is 71.7 Å². The molecule has 0 saturated heterocycles. The Morgan fingerprint density at radius 3 is 2.50 bits per heavy atom. The fourth-order valence-electron chi connectivity index (χ4n) is 2.14. The zero-order valence-electron chi connectivity index (χ0n) is 14.3. The molecule has 0 spiro atoms. The monoisotopic (exact) mass is 359 g/mol. The second kappa shape index (κ2) is 8.84. The largest absolute Gasteiger partial charge is 0.326 e. The van der Waals surface area contributed by atoms with Crippen LogP contribution in [0.25, 0.3) is 0 Å². The van der Waals surface area contributed by atoms with Crippen LogP contribution in [-0.4, -0.2) is 16.8 Å². The van der Waals surface area contributed by atoms with Crippen LogP contribution < -0.4 is 10.6 Å².